The van der Waals surface area contributed by atoms with Crippen LogP contribution in [0.4, 0.5) is 5.69 Å². The fourth-order valence-electron chi connectivity index (χ4n) is 2.40. The molecule has 0 atom stereocenters. The number of carboxylic acids is 1. The Morgan fingerprint density at radius 1 is 0.958 bits per heavy atom. The summed E-state index contributed by atoms with van der Waals surface area (Å²) in [5.74, 6) is -1.19. The molecule has 0 aromatic heterocycles. The number of sulfonamides is 1. The maximum absolute atomic E-state index is 12.5. The number of nitrogens with one attached hydrogen (secondary N) is 1. The first-order valence-electron chi connectivity index (χ1n) is 6.92. The zero-order valence-electron chi connectivity index (χ0n) is 12.2. The van der Waals surface area contributed by atoms with Gasteiger partial charge in [0.05, 0.1) is 16.1 Å². The Balaban J connectivity index is 2.11. The van der Waals surface area contributed by atoms with Gasteiger partial charge >= 0.3 is 5.97 Å². The van der Waals surface area contributed by atoms with Crippen LogP contribution in [-0.4, -0.2) is 19.5 Å². The minimum Gasteiger partial charge on any atom is -0.478 e. The summed E-state index contributed by atoms with van der Waals surface area (Å²) in [6.07, 6.45) is 0. The van der Waals surface area contributed by atoms with Crippen LogP contribution in [0.15, 0.2) is 65.6 Å². The first kappa shape index (κ1) is 16.7. The van der Waals surface area contributed by atoms with Gasteiger partial charge in [0.25, 0.3) is 10.0 Å². The molecule has 5 nitrogen and oxygen atoms in total. The van der Waals surface area contributed by atoms with Crippen molar-refractivity contribution < 1.29 is 18.3 Å². The van der Waals surface area contributed by atoms with Gasteiger partial charge in [0.15, 0.2) is 0 Å². The van der Waals surface area contributed by atoms with Crippen molar-refractivity contribution in [2.24, 2.45) is 0 Å². The number of anilines is 1. The van der Waals surface area contributed by atoms with Crippen LogP contribution < -0.4 is 4.72 Å². The van der Waals surface area contributed by atoms with Gasteiger partial charge in [0, 0.05) is 3.57 Å². The summed E-state index contributed by atoms with van der Waals surface area (Å²) in [7, 11) is -3.87. The van der Waals surface area contributed by atoms with Crippen LogP contribution in [0.1, 0.15) is 10.4 Å². The molecule has 24 heavy (non-hydrogen) atoms. The largest absolute Gasteiger partial charge is 0.478 e. The van der Waals surface area contributed by atoms with Gasteiger partial charge in [-0.25, -0.2) is 13.2 Å². The van der Waals surface area contributed by atoms with Crippen molar-refractivity contribution in [3.8, 4) is 0 Å². The molecule has 3 aromatic carbocycles. The van der Waals surface area contributed by atoms with E-state index in [1.807, 2.05) is 0 Å². The Bertz CT molecular complexity index is 1030. The Kier molecular flexibility index (Phi) is 4.46. The number of hydrogen-bond donors (Lipinski definition) is 2. The number of fused-ring (bicyclic) bond motifs is 1. The fourth-order valence-corrected chi connectivity index (χ4v) is 3.84. The van der Waals surface area contributed by atoms with E-state index in [2.05, 4.69) is 27.3 Å². The number of hydrogen-bond acceptors (Lipinski definition) is 3. The second-order valence-electron chi connectivity index (χ2n) is 5.07. The van der Waals surface area contributed by atoms with Gasteiger partial charge in [-0.15, -0.1) is 0 Å². The van der Waals surface area contributed by atoms with Crippen molar-refractivity contribution in [1.82, 2.24) is 0 Å². The SMILES string of the molecule is O=C(O)c1c(NS(=O)(=O)c2ccc(I)cc2)ccc2ccccc12. The molecule has 0 fully saturated rings. The molecular formula is C17H12INO4S. The van der Waals surface area contributed by atoms with Crippen LogP contribution >= 0.6 is 22.6 Å². The molecular weight excluding hydrogens is 441 g/mol. The maximum Gasteiger partial charge on any atom is 0.338 e. The molecule has 0 saturated carbocycles. The summed E-state index contributed by atoms with van der Waals surface area (Å²) in [6, 6.07) is 16.4. The Labute approximate surface area is 152 Å². The molecule has 0 spiro atoms. The lowest BCUT2D eigenvalue weighted by Gasteiger charge is -2.13. The normalized spacial score (nSPS) is 11.4. The van der Waals surface area contributed by atoms with E-state index in [0.717, 1.165) is 8.96 Å². The smallest absolute Gasteiger partial charge is 0.338 e. The Morgan fingerprint density at radius 2 is 1.62 bits per heavy atom. The topological polar surface area (TPSA) is 83.5 Å². The van der Waals surface area contributed by atoms with E-state index < -0.39 is 16.0 Å². The Morgan fingerprint density at radius 3 is 2.29 bits per heavy atom. The molecule has 0 unspecified atom stereocenters. The summed E-state index contributed by atoms with van der Waals surface area (Å²) in [6.45, 7) is 0. The molecule has 0 amide bonds. The minimum atomic E-state index is -3.87. The molecule has 0 bridgehead atoms. The van der Waals surface area contributed by atoms with Crippen molar-refractivity contribution in [1.29, 1.82) is 0 Å². The van der Waals surface area contributed by atoms with Crippen LogP contribution in [0.25, 0.3) is 10.8 Å². The number of rotatable bonds is 4. The molecule has 122 valence electrons. The van der Waals surface area contributed by atoms with E-state index in [0.29, 0.717) is 5.39 Å². The van der Waals surface area contributed by atoms with Crippen LogP contribution in [0.3, 0.4) is 0 Å². The first-order valence-corrected chi connectivity index (χ1v) is 9.48. The monoisotopic (exact) mass is 453 g/mol. The van der Waals surface area contributed by atoms with E-state index in [4.69, 9.17) is 0 Å². The maximum atomic E-state index is 12.5. The van der Waals surface area contributed by atoms with Gasteiger partial charge in [0.1, 0.15) is 0 Å². The van der Waals surface area contributed by atoms with E-state index >= 15 is 0 Å². The predicted molar refractivity (Wildman–Crippen MR) is 101 cm³/mol. The van der Waals surface area contributed by atoms with E-state index in [-0.39, 0.29) is 16.1 Å². The number of benzene rings is 3. The second kappa shape index (κ2) is 6.40. The lowest BCUT2D eigenvalue weighted by molar-refractivity contribution is 0.0700. The highest BCUT2D eigenvalue weighted by molar-refractivity contribution is 14.1. The van der Waals surface area contributed by atoms with Crippen LogP contribution in [0.2, 0.25) is 0 Å². The van der Waals surface area contributed by atoms with E-state index in [1.54, 1.807) is 42.5 Å². The lowest BCUT2D eigenvalue weighted by atomic mass is 10.0. The average Bonchev–Trinajstić information content (AvgIpc) is 2.54. The highest BCUT2D eigenvalue weighted by Crippen LogP contribution is 2.28. The van der Waals surface area contributed by atoms with Gasteiger partial charge in [-0.3, -0.25) is 4.72 Å². The first-order chi connectivity index (χ1) is 11.4. The number of aromatic carboxylic acids is 1. The zero-order chi connectivity index (χ0) is 17.3. The number of carbonyl (C=O) groups is 1. The van der Waals surface area contributed by atoms with Crippen molar-refractivity contribution in [3.63, 3.8) is 0 Å². The Hall–Kier alpha value is -2.13. The summed E-state index contributed by atoms with van der Waals surface area (Å²) in [4.78, 5) is 11.7. The van der Waals surface area contributed by atoms with Gasteiger partial charge in [-0.1, -0.05) is 30.3 Å². The molecule has 0 aliphatic rings. The third kappa shape index (κ3) is 3.22. The number of carboxylic acid groups (broad SMARTS) is 1. The van der Waals surface area contributed by atoms with Gasteiger partial charge in [-0.2, -0.15) is 0 Å². The second-order valence-corrected chi connectivity index (χ2v) is 8.00. The fraction of sp³-hybridized carbons (Fsp3) is 0. The minimum absolute atomic E-state index is 0.0414. The molecule has 3 rings (SSSR count). The summed E-state index contributed by atoms with van der Waals surface area (Å²) in [5.41, 5.74) is -0.0260. The summed E-state index contributed by atoms with van der Waals surface area (Å²) < 4.78 is 28.3. The van der Waals surface area contributed by atoms with Gasteiger partial charge in [0.2, 0.25) is 0 Å². The van der Waals surface area contributed by atoms with E-state index in [1.165, 1.54) is 18.2 Å². The zero-order valence-corrected chi connectivity index (χ0v) is 15.2. The van der Waals surface area contributed by atoms with Crippen molar-refractivity contribution >= 4 is 55.0 Å². The van der Waals surface area contributed by atoms with Crippen LogP contribution in [0.5, 0.6) is 0 Å². The predicted octanol–water partition coefficient (Wildman–Crippen LogP) is 3.94. The summed E-state index contributed by atoms with van der Waals surface area (Å²) >= 11 is 2.08. The quantitative estimate of drug-likeness (QED) is 0.587. The standard InChI is InChI=1S/C17H12INO4S/c18-12-6-8-13(9-7-12)24(22,23)19-15-10-5-11-3-1-2-4-14(11)16(15)17(20)21/h1-10,19H,(H,20,21). The molecule has 0 saturated heterocycles. The van der Waals surface area contributed by atoms with E-state index in [9.17, 15) is 18.3 Å². The van der Waals surface area contributed by atoms with Crippen molar-refractivity contribution in [2.75, 3.05) is 4.72 Å². The molecule has 0 aliphatic carbocycles. The molecule has 7 heteroatoms. The molecule has 2 N–H and O–H groups in total. The average molecular weight is 453 g/mol. The van der Waals surface area contributed by atoms with Crippen LogP contribution in [0, 0.1) is 3.57 Å². The molecule has 0 aliphatic heterocycles. The molecule has 0 heterocycles. The lowest BCUT2D eigenvalue weighted by Crippen LogP contribution is -2.15. The van der Waals surface area contributed by atoms with Crippen molar-refractivity contribution in [2.45, 2.75) is 4.90 Å². The summed E-state index contributed by atoms with van der Waals surface area (Å²) in [5, 5.41) is 10.7. The third-order valence-electron chi connectivity index (χ3n) is 3.51. The van der Waals surface area contributed by atoms with Gasteiger partial charge in [-0.05, 0) is 63.7 Å². The van der Waals surface area contributed by atoms with Gasteiger partial charge < -0.3 is 5.11 Å². The molecule has 0 radical (unpaired) electrons. The number of halogens is 1. The highest BCUT2D eigenvalue weighted by atomic mass is 127. The van der Waals surface area contributed by atoms with Crippen LogP contribution in [-0.2, 0) is 10.0 Å². The highest BCUT2D eigenvalue weighted by Gasteiger charge is 2.20. The molecule has 3 aromatic rings. The van der Waals surface area contributed by atoms with Crippen molar-refractivity contribution in [3.05, 3.63) is 69.8 Å². The third-order valence-corrected chi connectivity index (χ3v) is 5.61.